The summed E-state index contributed by atoms with van der Waals surface area (Å²) in [6, 6.07) is 7.26. The minimum absolute atomic E-state index is 0.249. The Morgan fingerprint density at radius 3 is 2.50 bits per heavy atom. The maximum absolute atomic E-state index is 12.9. The molecule has 0 radical (unpaired) electrons. The van der Waals surface area contributed by atoms with Crippen LogP contribution in [0.4, 0.5) is 10.2 Å². The molecule has 1 aromatic heterocycles. The maximum atomic E-state index is 12.9. The number of primary amides is 1. The van der Waals surface area contributed by atoms with E-state index >= 15 is 0 Å². The highest BCUT2D eigenvalue weighted by molar-refractivity contribution is 5.96. The summed E-state index contributed by atoms with van der Waals surface area (Å²) in [7, 11) is 0. The third-order valence-electron chi connectivity index (χ3n) is 3.87. The molecule has 22 heavy (non-hydrogen) atoms. The van der Waals surface area contributed by atoms with Gasteiger partial charge in [-0.1, -0.05) is 5.16 Å². The number of aromatic nitrogens is 1. The van der Waals surface area contributed by atoms with E-state index in [1.807, 2.05) is 0 Å². The first kappa shape index (κ1) is 14.2. The number of hydrogen-bond donors (Lipinski definition) is 2. The molecule has 3 N–H and O–H groups in total. The fraction of sp³-hybridized carbons (Fsp3) is 0.267. The SMILES string of the molecule is NC(=O)C1CCC1C(=O)Nc1cc(-c2ccc(F)cc2)on1. The summed E-state index contributed by atoms with van der Waals surface area (Å²) in [6.07, 6.45) is 1.26. The fourth-order valence-corrected chi connectivity index (χ4v) is 2.46. The lowest BCUT2D eigenvalue weighted by atomic mass is 9.72. The maximum Gasteiger partial charge on any atom is 0.229 e. The second kappa shape index (κ2) is 5.59. The topological polar surface area (TPSA) is 98.2 Å². The van der Waals surface area contributed by atoms with Crippen molar-refractivity contribution in [3.63, 3.8) is 0 Å². The number of nitrogens with one attached hydrogen (secondary N) is 1. The molecule has 114 valence electrons. The number of halogens is 1. The van der Waals surface area contributed by atoms with Gasteiger partial charge in [0, 0.05) is 23.5 Å². The number of nitrogens with zero attached hydrogens (tertiary/aromatic N) is 1. The molecular weight excluding hydrogens is 289 g/mol. The van der Waals surface area contributed by atoms with Crippen molar-refractivity contribution in [2.45, 2.75) is 12.8 Å². The molecule has 0 spiro atoms. The van der Waals surface area contributed by atoms with Crippen molar-refractivity contribution in [3.05, 3.63) is 36.1 Å². The van der Waals surface area contributed by atoms with Crippen LogP contribution in [-0.4, -0.2) is 17.0 Å². The van der Waals surface area contributed by atoms with E-state index < -0.39 is 17.7 Å². The molecule has 1 heterocycles. The smallest absolute Gasteiger partial charge is 0.229 e. The summed E-state index contributed by atoms with van der Waals surface area (Å²) in [4.78, 5) is 23.2. The molecule has 1 saturated carbocycles. The van der Waals surface area contributed by atoms with E-state index in [1.54, 1.807) is 18.2 Å². The van der Waals surface area contributed by atoms with Crippen molar-refractivity contribution in [2.75, 3.05) is 5.32 Å². The molecule has 0 aliphatic heterocycles. The Balaban J connectivity index is 1.68. The summed E-state index contributed by atoms with van der Waals surface area (Å²) >= 11 is 0. The normalized spacial score (nSPS) is 20.2. The van der Waals surface area contributed by atoms with Gasteiger partial charge in [0.15, 0.2) is 11.6 Å². The molecule has 0 saturated heterocycles. The van der Waals surface area contributed by atoms with Crippen LogP contribution in [0.1, 0.15) is 12.8 Å². The van der Waals surface area contributed by atoms with Gasteiger partial charge in [0.2, 0.25) is 11.8 Å². The van der Waals surface area contributed by atoms with Gasteiger partial charge in [-0.2, -0.15) is 0 Å². The number of nitrogens with two attached hydrogens (primary N) is 1. The summed E-state index contributed by atoms with van der Waals surface area (Å²) in [5.41, 5.74) is 5.87. The zero-order valence-electron chi connectivity index (χ0n) is 11.6. The van der Waals surface area contributed by atoms with Crippen LogP contribution in [0, 0.1) is 17.7 Å². The zero-order valence-corrected chi connectivity index (χ0v) is 11.6. The Hall–Kier alpha value is -2.70. The minimum atomic E-state index is -0.460. The molecule has 2 unspecified atom stereocenters. The van der Waals surface area contributed by atoms with Gasteiger partial charge in [-0.3, -0.25) is 9.59 Å². The summed E-state index contributed by atoms with van der Waals surface area (Å²) in [5.74, 6) is -1.27. The molecule has 6 nitrogen and oxygen atoms in total. The van der Waals surface area contributed by atoms with E-state index in [-0.39, 0.29) is 17.5 Å². The monoisotopic (exact) mass is 303 g/mol. The Morgan fingerprint density at radius 1 is 1.23 bits per heavy atom. The number of carbonyl (C=O) groups excluding carboxylic acids is 2. The van der Waals surface area contributed by atoms with Gasteiger partial charge in [0.05, 0.1) is 0 Å². The molecule has 7 heteroatoms. The number of benzene rings is 1. The van der Waals surface area contributed by atoms with E-state index in [1.165, 1.54) is 12.1 Å². The van der Waals surface area contributed by atoms with Crippen molar-refractivity contribution in [2.24, 2.45) is 17.6 Å². The lowest BCUT2D eigenvalue weighted by molar-refractivity contribution is -0.135. The van der Waals surface area contributed by atoms with Gasteiger partial charge < -0.3 is 15.6 Å². The van der Waals surface area contributed by atoms with Gasteiger partial charge in [0.1, 0.15) is 5.82 Å². The molecule has 2 amide bonds. The van der Waals surface area contributed by atoms with Gasteiger partial charge in [0.25, 0.3) is 0 Å². The van der Waals surface area contributed by atoms with Gasteiger partial charge in [-0.25, -0.2) is 4.39 Å². The van der Waals surface area contributed by atoms with Crippen LogP contribution < -0.4 is 11.1 Å². The van der Waals surface area contributed by atoms with Gasteiger partial charge >= 0.3 is 0 Å². The first-order valence-corrected chi connectivity index (χ1v) is 6.87. The summed E-state index contributed by atoms with van der Waals surface area (Å²) in [5, 5.41) is 6.35. The average molecular weight is 303 g/mol. The molecule has 2 aromatic rings. The second-order valence-corrected chi connectivity index (χ2v) is 5.27. The fourth-order valence-electron chi connectivity index (χ4n) is 2.46. The van der Waals surface area contributed by atoms with Crippen LogP contribution in [0.5, 0.6) is 0 Å². The molecule has 1 fully saturated rings. The largest absolute Gasteiger partial charge is 0.369 e. The quantitative estimate of drug-likeness (QED) is 0.901. The Labute approximate surface area is 125 Å². The Bertz CT molecular complexity index is 711. The molecule has 0 bridgehead atoms. The van der Waals surface area contributed by atoms with Gasteiger partial charge in [-0.15, -0.1) is 0 Å². The van der Waals surface area contributed by atoms with E-state index in [0.717, 1.165) is 0 Å². The molecule has 3 rings (SSSR count). The van der Waals surface area contributed by atoms with Crippen LogP contribution >= 0.6 is 0 Å². The van der Waals surface area contributed by atoms with Crippen LogP contribution in [0.15, 0.2) is 34.9 Å². The van der Waals surface area contributed by atoms with Crippen molar-refractivity contribution in [3.8, 4) is 11.3 Å². The lowest BCUT2D eigenvalue weighted by Gasteiger charge is -2.32. The Morgan fingerprint density at radius 2 is 1.91 bits per heavy atom. The molecule has 1 aromatic carbocycles. The highest BCUT2D eigenvalue weighted by Crippen LogP contribution is 2.35. The van der Waals surface area contributed by atoms with Crippen LogP contribution in [-0.2, 0) is 9.59 Å². The van der Waals surface area contributed by atoms with Crippen molar-refractivity contribution < 1.29 is 18.5 Å². The number of hydrogen-bond acceptors (Lipinski definition) is 4. The first-order valence-electron chi connectivity index (χ1n) is 6.87. The predicted molar refractivity (Wildman–Crippen MR) is 75.9 cm³/mol. The van der Waals surface area contributed by atoms with E-state index in [0.29, 0.717) is 24.2 Å². The van der Waals surface area contributed by atoms with Crippen LogP contribution in [0.2, 0.25) is 0 Å². The van der Waals surface area contributed by atoms with Gasteiger partial charge in [-0.05, 0) is 37.1 Å². The number of carbonyl (C=O) groups is 2. The number of rotatable bonds is 4. The van der Waals surface area contributed by atoms with Crippen molar-refractivity contribution in [1.82, 2.24) is 5.16 Å². The Kier molecular flexibility index (Phi) is 3.62. The highest BCUT2D eigenvalue weighted by Gasteiger charge is 2.40. The van der Waals surface area contributed by atoms with Crippen LogP contribution in [0.3, 0.4) is 0 Å². The third-order valence-corrected chi connectivity index (χ3v) is 3.87. The number of amides is 2. The average Bonchev–Trinajstić information content (AvgIpc) is 2.85. The van der Waals surface area contributed by atoms with E-state index in [9.17, 15) is 14.0 Å². The molecule has 1 aliphatic rings. The molecular formula is C15H14FN3O3. The van der Waals surface area contributed by atoms with Crippen molar-refractivity contribution in [1.29, 1.82) is 0 Å². The van der Waals surface area contributed by atoms with Crippen LogP contribution in [0.25, 0.3) is 11.3 Å². The summed E-state index contributed by atoms with van der Waals surface area (Å²) < 4.78 is 18.0. The van der Waals surface area contributed by atoms with Crippen molar-refractivity contribution >= 4 is 17.6 Å². The third kappa shape index (κ3) is 2.69. The standard InChI is InChI=1S/C15H14FN3O3/c16-9-3-1-8(2-4-9)12-7-13(19-22-12)18-15(21)11-6-5-10(11)14(17)20/h1-4,7,10-11H,5-6H2,(H2,17,20)(H,18,19,21). The van der Waals surface area contributed by atoms with E-state index in [4.69, 9.17) is 10.3 Å². The zero-order chi connectivity index (χ0) is 15.7. The number of anilines is 1. The highest BCUT2D eigenvalue weighted by atomic mass is 19.1. The molecule has 2 atom stereocenters. The summed E-state index contributed by atoms with van der Waals surface area (Å²) in [6.45, 7) is 0. The lowest BCUT2D eigenvalue weighted by Crippen LogP contribution is -2.43. The molecule has 1 aliphatic carbocycles. The predicted octanol–water partition coefficient (Wildman–Crippen LogP) is 1.93. The van der Waals surface area contributed by atoms with E-state index in [2.05, 4.69) is 10.5 Å². The minimum Gasteiger partial charge on any atom is -0.369 e. The second-order valence-electron chi connectivity index (χ2n) is 5.27. The first-order chi connectivity index (χ1) is 10.5.